The highest BCUT2D eigenvalue weighted by Crippen LogP contribution is 2.11. The van der Waals surface area contributed by atoms with E-state index in [9.17, 15) is 18.0 Å². The number of benzene rings is 1. The van der Waals surface area contributed by atoms with E-state index in [1.807, 2.05) is 4.72 Å². The van der Waals surface area contributed by atoms with Crippen molar-refractivity contribution in [3.05, 3.63) is 29.8 Å². The lowest BCUT2D eigenvalue weighted by molar-refractivity contribution is -0.117. The fraction of sp³-hybridized carbons (Fsp3) is 0.273. The van der Waals surface area contributed by atoms with Gasteiger partial charge in [0, 0.05) is 13.3 Å². The maximum Gasteiger partial charge on any atom is 0.264 e. The summed E-state index contributed by atoms with van der Waals surface area (Å²) in [4.78, 5) is 21.6. The molecule has 1 aromatic rings. The van der Waals surface area contributed by atoms with Gasteiger partial charge in [-0.3, -0.25) is 9.59 Å². The first-order chi connectivity index (χ1) is 7.81. The van der Waals surface area contributed by atoms with Gasteiger partial charge in [0.25, 0.3) is 10.0 Å². The molecule has 6 heteroatoms. The summed E-state index contributed by atoms with van der Waals surface area (Å²) in [6, 6.07) is 5.83. The van der Waals surface area contributed by atoms with E-state index in [1.54, 1.807) is 12.1 Å². The standard InChI is InChI=1S/C11H13NO4S/c1-8(13)7-10-3-5-11(6-4-10)17(15,16)12-9(2)14/h3-6H,7H2,1-2H3,(H,12,14). The largest absolute Gasteiger partial charge is 0.300 e. The Bertz CT molecular complexity index is 531. The molecule has 1 N–H and O–H groups in total. The van der Waals surface area contributed by atoms with E-state index in [-0.39, 0.29) is 17.1 Å². The third-order valence-electron chi connectivity index (χ3n) is 1.96. The van der Waals surface area contributed by atoms with Crippen molar-refractivity contribution in [1.82, 2.24) is 4.72 Å². The lowest BCUT2D eigenvalue weighted by Gasteiger charge is -2.05. The molecule has 0 bridgehead atoms. The molecule has 0 fully saturated rings. The van der Waals surface area contributed by atoms with Crippen molar-refractivity contribution < 1.29 is 18.0 Å². The fourth-order valence-electron chi connectivity index (χ4n) is 1.32. The van der Waals surface area contributed by atoms with Crippen LogP contribution in [-0.4, -0.2) is 20.1 Å². The van der Waals surface area contributed by atoms with Crippen LogP contribution < -0.4 is 4.72 Å². The number of carbonyl (C=O) groups is 2. The third-order valence-corrected chi connectivity index (χ3v) is 3.41. The van der Waals surface area contributed by atoms with Crippen molar-refractivity contribution in [3.8, 4) is 0 Å². The molecule has 1 amide bonds. The number of carbonyl (C=O) groups excluding carboxylic acids is 2. The summed E-state index contributed by atoms with van der Waals surface area (Å²) in [6.45, 7) is 2.59. The number of hydrogen-bond acceptors (Lipinski definition) is 4. The summed E-state index contributed by atoms with van der Waals surface area (Å²) in [5, 5.41) is 0. The zero-order valence-electron chi connectivity index (χ0n) is 9.56. The lowest BCUT2D eigenvalue weighted by atomic mass is 10.1. The average Bonchev–Trinajstić information content (AvgIpc) is 2.15. The number of hydrogen-bond donors (Lipinski definition) is 1. The Morgan fingerprint density at radius 2 is 1.65 bits per heavy atom. The first kappa shape index (κ1) is 13.4. The SMILES string of the molecule is CC(=O)Cc1ccc(S(=O)(=O)NC(C)=O)cc1. The highest BCUT2D eigenvalue weighted by atomic mass is 32.2. The van der Waals surface area contributed by atoms with E-state index in [4.69, 9.17) is 0 Å². The normalized spacial score (nSPS) is 10.9. The molecule has 0 aliphatic carbocycles. The van der Waals surface area contributed by atoms with Crippen molar-refractivity contribution in [2.45, 2.75) is 25.2 Å². The highest BCUT2D eigenvalue weighted by Gasteiger charge is 2.14. The molecule has 0 spiro atoms. The molecule has 0 heterocycles. The van der Waals surface area contributed by atoms with Gasteiger partial charge in [0.1, 0.15) is 5.78 Å². The smallest absolute Gasteiger partial charge is 0.264 e. The lowest BCUT2D eigenvalue weighted by Crippen LogP contribution is -2.28. The van der Waals surface area contributed by atoms with E-state index >= 15 is 0 Å². The van der Waals surface area contributed by atoms with Gasteiger partial charge < -0.3 is 0 Å². The van der Waals surface area contributed by atoms with Gasteiger partial charge in [0.05, 0.1) is 4.90 Å². The molecule has 0 saturated carbocycles. The molecule has 0 aliphatic heterocycles. The second-order valence-corrected chi connectivity index (χ2v) is 5.37. The van der Waals surface area contributed by atoms with E-state index in [1.165, 1.54) is 19.1 Å². The van der Waals surface area contributed by atoms with Crippen LogP contribution in [0.3, 0.4) is 0 Å². The monoisotopic (exact) mass is 255 g/mol. The van der Waals surface area contributed by atoms with Gasteiger partial charge in [-0.15, -0.1) is 0 Å². The molecular formula is C11H13NO4S. The van der Waals surface area contributed by atoms with Crippen LogP contribution in [0.2, 0.25) is 0 Å². The topological polar surface area (TPSA) is 80.3 Å². The number of amides is 1. The minimum absolute atomic E-state index is 0.00000189. The summed E-state index contributed by atoms with van der Waals surface area (Å²) in [6.07, 6.45) is 0.264. The summed E-state index contributed by atoms with van der Waals surface area (Å²) in [5.74, 6) is -0.639. The quantitative estimate of drug-likeness (QED) is 0.856. The van der Waals surface area contributed by atoms with Crippen LogP contribution in [0, 0.1) is 0 Å². The molecule has 92 valence electrons. The van der Waals surface area contributed by atoms with Gasteiger partial charge in [0.15, 0.2) is 0 Å². The predicted octanol–water partition coefficient (Wildman–Crippen LogP) is 0.643. The molecular weight excluding hydrogens is 242 g/mol. The number of sulfonamides is 1. The van der Waals surface area contributed by atoms with Gasteiger partial charge in [0.2, 0.25) is 5.91 Å². The first-order valence-corrected chi connectivity index (χ1v) is 6.41. The van der Waals surface area contributed by atoms with Crippen molar-refractivity contribution in [2.75, 3.05) is 0 Å². The second kappa shape index (κ2) is 5.09. The molecule has 1 rings (SSSR count). The minimum Gasteiger partial charge on any atom is -0.300 e. The Hall–Kier alpha value is -1.69. The zero-order chi connectivity index (χ0) is 13.1. The van der Waals surface area contributed by atoms with Crippen LogP contribution >= 0.6 is 0 Å². The minimum atomic E-state index is -3.79. The van der Waals surface area contributed by atoms with Crippen molar-refractivity contribution in [3.63, 3.8) is 0 Å². The Balaban J connectivity index is 2.94. The van der Waals surface area contributed by atoms with Gasteiger partial charge in [-0.25, -0.2) is 13.1 Å². The maximum atomic E-state index is 11.6. The summed E-state index contributed by atoms with van der Waals surface area (Å²) in [7, 11) is -3.79. The molecule has 17 heavy (non-hydrogen) atoms. The van der Waals surface area contributed by atoms with E-state index in [0.29, 0.717) is 0 Å². The molecule has 0 unspecified atom stereocenters. The highest BCUT2D eigenvalue weighted by molar-refractivity contribution is 7.90. The van der Waals surface area contributed by atoms with E-state index in [2.05, 4.69) is 0 Å². The Labute approximate surface area is 99.9 Å². The number of ketones is 1. The Morgan fingerprint density at radius 3 is 2.06 bits per heavy atom. The molecule has 1 aromatic carbocycles. The molecule has 5 nitrogen and oxygen atoms in total. The van der Waals surface area contributed by atoms with Crippen molar-refractivity contribution >= 4 is 21.7 Å². The maximum absolute atomic E-state index is 11.6. The molecule has 0 aliphatic rings. The Kier molecular flexibility index (Phi) is 4.01. The zero-order valence-corrected chi connectivity index (χ0v) is 10.4. The average molecular weight is 255 g/mol. The molecule has 0 atom stereocenters. The van der Waals surface area contributed by atoms with Crippen LogP contribution in [0.4, 0.5) is 0 Å². The van der Waals surface area contributed by atoms with Crippen LogP contribution in [0.5, 0.6) is 0 Å². The number of Topliss-reactive ketones (excluding diaryl/α,β-unsaturated/α-hetero) is 1. The van der Waals surface area contributed by atoms with E-state index in [0.717, 1.165) is 12.5 Å². The Morgan fingerprint density at radius 1 is 1.12 bits per heavy atom. The first-order valence-electron chi connectivity index (χ1n) is 4.93. The van der Waals surface area contributed by atoms with Crippen LogP contribution in [-0.2, 0) is 26.0 Å². The van der Waals surface area contributed by atoms with Crippen molar-refractivity contribution in [2.24, 2.45) is 0 Å². The predicted molar refractivity (Wildman–Crippen MR) is 61.8 cm³/mol. The molecule has 0 aromatic heterocycles. The summed E-state index contributed by atoms with van der Waals surface area (Å²) < 4.78 is 25.0. The number of rotatable bonds is 4. The van der Waals surface area contributed by atoms with Gasteiger partial charge in [-0.1, -0.05) is 12.1 Å². The molecule has 0 radical (unpaired) electrons. The summed E-state index contributed by atoms with van der Waals surface area (Å²) >= 11 is 0. The molecule has 0 saturated heterocycles. The van der Waals surface area contributed by atoms with Crippen molar-refractivity contribution in [1.29, 1.82) is 0 Å². The second-order valence-electron chi connectivity index (χ2n) is 3.68. The van der Waals surface area contributed by atoms with Gasteiger partial charge >= 0.3 is 0 Å². The van der Waals surface area contributed by atoms with Crippen LogP contribution in [0.1, 0.15) is 19.4 Å². The van der Waals surface area contributed by atoms with E-state index < -0.39 is 15.9 Å². The van der Waals surface area contributed by atoms with Gasteiger partial charge in [-0.2, -0.15) is 0 Å². The fourth-order valence-corrected chi connectivity index (χ4v) is 2.31. The van der Waals surface area contributed by atoms with Gasteiger partial charge in [-0.05, 0) is 24.6 Å². The summed E-state index contributed by atoms with van der Waals surface area (Å²) in [5.41, 5.74) is 0.735. The van der Waals surface area contributed by atoms with Crippen LogP contribution in [0.15, 0.2) is 29.2 Å². The number of nitrogens with one attached hydrogen (secondary N) is 1. The third kappa shape index (κ3) is 3.99. The van der Waals surface area contributed by atoms with Crippen LogP contribution in [0.25, 0.3) is 0 Å².